The molecule has 2 nitrogen and oxygen atoms in total. The van der Waals surface area contributed by atoms with E-state index in [4.69, 9.17) is 0 Å². The van der Waals surface area contributed by atoms with Gasteiger partial charge in [0.25, 0.3) is 6.71 Å². The lowest BCUT2D eigenvalue weighted by atomic mass is 9.35. The highest BCUT2D eigenvalue weighted by Gasteiger charge is 2.53. The molecule has 0 atom stereocenters. The smallest absolute Gasteiger partial charge is 0.264 e. The number of fused-ring (bicyclic) bond motifs is 9. The number of rotatable bonds is 4. The van der Waals surface area contributed by atoms with Crippen LogP contribution in [0.15, 0.2) is 78.9 Å². The van der Waals surface area contributed by atoms with Gasteiger partial charge in [-0.3, -0.25) is 0 Å². The summed E-state index contributed by atoms with van der Waals surface area (Å²) in [5.74, 6) is 0. The second-order valence-electron chi connectivity index (χ2n) is 30.3. The fourth-order valence-electron chi connectivity index (χ4n) is 15.3. The van der Waals surface area contributed by atoms with E-state index in [1.165, 1.54) is 146 Å². The van der Waals surface area contributed by atoms with Gasteiger partial charge in [0.1, 0.15) is 0 Å². The van der Waals surface area contributed by atoms with Crippen LogP contribution in [0, 0.1) is 6.92 Å². The lowest BCUT2D eigenvalue weighted by molar-refractivity contribution is 0.332. The van der Waals surface area contributed by atoms with Crippen molar-refractivity contribution in [3.63, 3.8) is 0 Å². The van der Waals surface area contributed by atoms with E-state index >= 15 is 0 Å². The van der Waals surface area contributed by atoms with E-state index < -0.39 is 8.80 Å². The van der Waals surface area contributed by atoms with Crippen molar-refractivity contribution in [2.24, 2.45) is 0 Å². The topological polar surface area (TPSA) is 6.48 Å². The van der Waals surface area contributed by atoms with Crippen LogP contribution in [0.5, 0.6) is 0 Å². The van der Waals surface area contributed by atoms with Crippen LogP contribution in [0.3, 0.4) is 0 Å². The van der Waals surface area contributed by atoms with E-state index in [1.54, 1.807) is 20.8 Å². The number of benzene rings is 5. The molecule has 0 N–H and O–H groups in total. The Morgan fingerprint density at radius 1 is 0.446 bits per heavy atom. The molecule has 6 aliphatic rings. The molecule has 0 unspecified atom stereocenters. The molecule has 0 saturated carbocycles. The molecule has 3 heterocycles. The van der Waals surface area contributed by atoms with Gasteiger partial charge in [-0.15, -0.1) is 0 Å². The number of hydrogen-bond acceptors (Lipinski definition) is 3. The van der Waals surface area contributed by atoms with Crippen molar-refractivity contribution in [2.45, 2.75) is 225 Å². The fraction of sp³-hybridized carbons (Fsp3) is 0.507. The van der Waals surface area contributed by atoms with Gasteiger partial charge >= 0.3 is 0 Å². The predicted octanol–water partition coefficient (Wildman–Crippen LogP) is 16.9. The van der Waals surface area contributed by atoms with Gasteiger partial charge < -0.3 is 9.80 Å². The van der Waals surface area contributed by atoms with Crippen molar-refractivity contribution in [1.29, 1.82) is 0 Å². The molecule has 2 aliphatic heterocycles. The zero-order valence-electron chi connectivity index (χ0n) is 49.1. The zero-order chi connectivity index (χ0) is 53.0. The SMILES string of the molecule is Cc1cc2c3c(c1)N(c1ccc4c(c1)C(C)(C)CCC4(C)C)c1c(sc4c1C(C)(C)CCC4(C)C)B3c1cc3c(cc1N2c1cc2c(cc1-c1ccc([SiH](C)C)cc1)C(C)(C)CCC2(C)C)C(C)(C)CCC3(C)C. The van der Waals surface area contributed by atoms with Crippen LogP contribution >= 0.6 is 11.3 Å². The Kier molecular flexibility index (Phi) is 10.8. The van der Waals surface area contributed by atoms with E-state index in [1.807, 2.05) is 0 Å². The summed E-state index contributed by atoms with van der Waals surface area (Å²) in [4.78, 5) is 7.26. The molecule has 5 heteroatoms. The first-order valence-electron chi connectivity index (χ1n) is 28.9. The van der Waals surface area contributed by atoms with E-state index in [9.17, 15) is 0 Å². The minimum Gasteiger partial charge on any atom is -0.311 e. The molecule has 386 valence electrons. The molecular formula is C69H87BN2SSi. The van der Waals surface area contributed by atoms with Crippen molar-refractivity contribution in [2.75, 3.05) is 9.80 Å². The first kappa shape index (κ1) is 50.5. The van der Waals surface area contributed by atoms with Crippen LogP contribution in [0.4, 0.5) is 34.1 Å². The number of hydrogen-bond donors (Lipinski definition) is 0. The highest BCUT2D eigenvalue weighted by atomic mass is 32.1. The largest absolute Gasteiger partial charge is 0.311 e. The van der Waals surface area contributed by atoms with Crippen molar-refractivity contribution >= 4 is 81.9 Å². The zero-order valence-corrected chi connectivity index (χ0v) is 51.1. The Hall–Kier alpha value is -4.32. The van der Waals surface area contributed by atoms with E-state index in [2.05, 4.69) is 231 Å². The molecule has 6 aromatic rings. The quantitative estimate of drug-likeness (QED) is 0.162. The maximum atomic E-state index is 2.83. The standard InChI is InChI=1S/C69H87BN2SSi/c1-41-34-55-58-56(35-41)72(53-39-50-48(64(6,7)28-30-66(50,10)11)37-45(53)42-20-23-44(24-21-42)74(18)19)54-40-51-49(65(8,9)29-31-67(51,12)13)38-52(54)70(58)61-59(57-60(73-61)69(16,17)33-32-68(57,14)15)71(55)43-22-25-46-47(36-43)63(4,5)27-26-62(46,2)3/h20-25,34-40,74H,26-33H2,1-19H3. The fourth-order valence-corrected chi connectivity index (χ4v) is 18.0. The molecule has 5 aromatic carbocycles. The van der Waals surface area contributed by atoms with Gasteiger partial charge in [0.2, 0.25) is 0 Å². The van der Waals surface area contributed by atoms with Gasteiger partial charge in [-0.25, -0.2) is 0 Å². The third kappa shape index (κ3) is 7.33. The second-order valence-corrected chi connectivity index (χ2v) is 34.3. The van der Waals surface area contributed by atoms with Gasteiger partial charge in [-0.05, 0) is 205 Å². The third-order valence-corrected chi connectivity index (χ3v) is 24.2. The van der Waals surface area contributed by atoms with Gasteiger partial charge in [0, 0.05) is 38.0 Å². The summed E-state index contributed by atoms with van der Waals surface area (Å²) in [6.07, 6.45) is 9.53. The Balaban J connectivity index is 1.24. The molecule has 0 spiro atoms. The molecule has 0 amide bonds. The van der Waals surface area contributed by atoms with Crippen molar-refractivity contribution in [3.05, 3.63) is 128 Å². The summed E-state index contributed by atoms with van der Waals surface area (Å²) in [6.45, 7) is 47.8. The average molecular weight is 1020 g/mol. The van der Waals surface area contributed by atoms with E-state index in [0.29, 0.717) is 0 Å². The monoisotopic (exact) mass is 1010 g/mol. The predicted molar refractivity (Wildman–Crippen MR) is 328 cm³/mol. The van der Waals surface area contributed by atoms with Crippen molar-refractivity contribution in [3.8, 4) is 11.1 Å². The average Bonchev–Trinajstić information content (AvgIpc) is 3.83. The second kappa shape index (κ2) is 15.9. The first-order valence-corrected chi connectivity index (χ1v) is 32.6. The summed E-state index contributed by atoms with van der Waals surface area (Å²) in [5.41, 5.74) is 26.5. The Bertz CT molecular complexity index is 3350. The lowest BCUT2D eigenvalue weighted by Crippen LogP contribution is -2.61. The minimum atomic E-state index is -0.999. The van der Waals surface area contributed by atoms with E-state index in [0.717, 1.165) is 0 Å². The van der Waals surface area contributed by atoms with Gasteiger partial charge in [0.15, 0.2) is 0 Å². The summed E-state index contributed by atoms with van der Waals surface area (Å²) in [6, 6.07) is 33.7. The van der Waals surface area contributed by atoms with Crippen LogP contribution in [-0.2, 0) is 43.3 Å². The normalized spacial score (nSPS) is 22.2. The highest BCUT2D eigenvalue weighted by Crippen LogP contribution is 2.59. The molecule has 12 rings (SSSR count). The molecular weight excluding hydrogens is 928 g/mol. The Morgan fingerprint density at radius 2 is 0.905 bits per heavy atom. The van der Waals surface area contributed by atoms with Crippen LogP contribution in [0.1, 0.15) is 212 Å². The Morgan fingerprint density at radius 3 is 1.46 bits per heavy atom. The van der Waals surface area contributed by atoms with Crippen molar-refractivity contribution in [1.82, 2.24) is 0 Å². The maximum absolute atomic E-state index is 2.83. The molecule has 0 fully saturated rings. The van der Waals surface area contributed by atoms with Gasteiger partial charge in [-0.2, -0.15) is 11.3 Å². The van der Waals surface area contributed by atoms with Crippen LogP contribution in [0.2, 0.25) is 13.1 Å². The maximum Gasteiger partial charge on any atom is 0.264 e. The Labute approximate surface area is 453 Å². The molecule has 4 aliphatic carbocycles. The summed E-state index contributed by atoms with van der Waals surface area (Å²) in [7, 11) is -0.999. The minimum absolute atomic E-state index is 0.0183. The number of nitrogens with zero attached hydrogens (tertiary/aromatic N) is 2. The summed E-state index contributed by atoms with van der Waals surface area (Å²) >= 11 is 2.18. The van der Waals surface area contributed by atoms with Gasteiger partial charge in [0.05, 0.1) is 20.2 Å². The van der Waals surface area contributed by atoms with Crippen LogP contribution in [-0.4, -0.2) is 15.5 Å². The van der Waals surface area contributed by atoms with Crippen LogP contribution < -0.4 is 30.7 Å². The first-order chi connectivity index (χ1) is 34.4. The highest BCUT2D eigenvalue weighted by molar-refractivity contribution is 7.29. The molecule has 0 bridgehead atoms. The third-order valence-electron chi connectivity index (χ3n) is 20.9. The lowest BCUT2D eigenvalue weighted by Gasteiger charge is -2.48. The van der Waals surface area contributed by atoms with Crippen molar-refractivity contribution < 1.29 is 0 Å². The number of thiophene rings is 1. The summed E-state index contributed by atoms with van der Waals surface area (Å²) in [5, 5.41) is 1.53. The van der Waals surface area contributed by atoms with E-state index in [-0.39, 0.29) is 50.0 Å². The van der Waals surface area contributed by atoms with Gasteiger partial charge in [-0.1, -0.05) is 165 Å². The number of aryl methyl sites for hydroxylation is 1. The molecule has 74 heavy (non-hydrogen) atoms. The van der Waals surface area contributed by atoms with Crippen LogP contribution in [0.25, 0.3) is 11.1 Å². The number of anilines is 6. The molecule has 0 radical (unpaired) electrons. The molecule has 1 aromatic heterocycles. The summed E-state index contributed by atoms with van der Waals surface area (Å²) < 4.78 is 1.55. The molecule has 0 saturated heterocycles.